The highest BCUT2D eigenvalue weighted by molar-refractivity contribution is 7.92. The molecule has 0 bridgehead atoms. The van der Waals surface area contributed by atoms with E-state index in [4.69, 9.17) is 16.6 Å². The van der Waals surface area contributed by atoms with Gasteiger partial charge in [-0.25, -0.2) is 39.4 Å². The molecule has 3 atom stereocenters. The number of sulfonamides is 2. The molecule has 1 aliphatic heterocycles. The third-order valence-corrected chi connectivity index (χ3v) is 14.0. The largest absolute Gasteiger partial charge is 0.344 e. The molecule has 2 aliphatic carbocycles. The van der Waals surface area contributed by atoms with Gasteiger partial charge in [0.2, 0.25) is 26.0 Å². The second kappa shape index (κ2) is 16.0. The summed E-state index contributed by atoms with van der Waals surface area (Å²) in [4.78, 5) is 20.9. The number of aromatic nitrogens is 4. The SMILES string of the molecule is CN(c1ccccc1-c1ccc2c(c1)N=C([C@H](Cc1cc(F)cc(F)c1)NC(=O)Cn1nc(C(F)F)c3c1C(F)(F)[C@@H]1C[C@H]31)N(c1ccc(Cl)c3c(NS(C)(=O)=O)nn(C)c13)C2)S(C)(=O)=O. The average molecular weight is 974 g/mol. The Morgan fingerprint density at radius 2 is 1.70 bits per heavy atom. The fraction of sp³-hybridized carbons (Fsp3) is 0.302. The van der Waals surface area contributed by atoms with Crippen LogP contribution in [-0.2, 0) is 57.3 Å². The molecule has 1 amide bonds. The van der Waals surface area contributed by atoms with Gasteiger partial charge in [0.1, 0.15) is 35.4 Å². The Morgan fingerprint density at radius 1 is 0.985 bits per heavy atom. The number of nitrogens with zero attached hydrogens (tertiary/aromatic N) is 7. The lowest BCUT2D eigenvalue weighted by atomic mass is 9.97. The maximum absolute atomic E-state index is 15.6. The van der Waals surface area contributed by atoms with Crippen LogP contribution in [0.1, 0.15) is 46.8 Å². The van der Waals surface area contributed by atoms with Gasteiger partial charge >= 0.3 is 0 Å². The summed E-state index contributed by atoms with van der Waals surface area (Å²) in [6, 6.07) is 16.4. The van der Waals surface area contributed by atoms with Crippen molar-refractivity contribution in [1.82, 2.24) is 24.9 Å². The predicted octanol–water partition coefficient (Wildman–Crippen LogP) is 7.76. The van der Waals surface area contributed by atoms with Gasteiger partial charge < -0.3 is 10.2 Å². The van der Waals surface area contributed by atoms with Crippen molar-refractivity contribution in [2.45, 2.75) is 50.2 Å². The summed E-state index contributed by atoms with van der Waals surface area (Å²) in [7, 11) is -4.65. The first-order chi connectivity index (χ1) is 31.0. The van der Waals surface area contributed by atoms with E-state index >= 15 is 8.78 Å². The molecule has 0 unspecified atom stereocenters. The van der Waals surface area contributed by atoms with Crippen LogP contribution in [-0.4, -0.2) is 73.7 Å². The predicted molar refractivity (Wildman–Crippen MR) is 237 cm³/mol. The lowest BCUT2D eigenvalue weighted by molar-refractivity contribution is -0.122. The number of para-hydroxylation sites is 1. The van der Waals surface area contributed by atoms with Crippen molar-refractivity contribution in [3.8, 4) is 11.1 Å². The smallest absolute Gasteiger partial charge is 0.293 e. The average Bonchev–Trinajstić information content (AvgIpc) is 3.77. The zero-order chi connectivity index (χ0) is 47.4. The van der Waals surface area contributed by atoms with Gasteiger partial charge in [0, 0.05) is 43.6 Å². The van der Waals surface area contributed by atoms with Crippen LogP contribution in [0.15, 0.2) is 77.8 Å². The van der Waals surface area contributed by atoms with E-state index in [2.05, 4.69) is 20.2 Å². The number of carbonyl (C=O) groups is 1. The van der Waals surface area contributed by atoms with E-state index in [1.807, 2.05) is 0 Å². The van der Waals surface area contributed by atoms with E-state index in [0.29, 0.717) is 44.5 Å². The molecule has 6 aromatic rings. The van der Waals surface area contributed by atoms with Gasteiger partial charge in [-0.05, 0) is 65.4 Å². The number of benzene rings is 4. The number of fused-ring (bicyclic) bond motifs is 5. The van der Waals surface area contributed by atoms with Gasteiger partial charge in [0.05, 0.1) is 58.1 Å². The third kappa shape index (κ3) is 8.11. The number of hydrogen-bond acceptors (Lipinski definition) is 9. The van der Waals surface area contributed by atoms with Crippen molar-refractivity contribution in [2.75, 3.05) is 33.5 Å². The number of hydrogen-bond donors (Lipinski definition) is 2. The Labute approximate surface area is 379 Å². The van der Waals surface area contributed by atoms with Crippen LogP contribution in [0.5, 0.6) is 0 Å². The second-order valence-electron chi connectivity index (χ2n) is 16.6. The Morgan fingerprint density at radius 3 is 2.38 bits per heavy atom. The van der Waals surface area contributed by atoms with Crippen molar-refractivity contribution < 1.29 is 48.0 Å². The third-order valence-electron chi connectivity index (χ3n) is 11.9. The zero-order valence-electron chi connectivity index (χ0n) is 35.2. The van der Waals surface area contributed by atoms with Crippen molar-refractivity contribution in [1.29, 1.82) is 0 Å². The summed E-state index contributed by atoms with van der Waals surface area (Å²) in [5.74, 6) is -8.52. The topological polar surface area (TPSA) is 164 Å². The highest BCUT2D eigenvalue weighted by Crippen LogP contribution is 2.68. The molecule has 0 saturated heterocycles. The molecule has 2 aromatic heterocycles. The van der Waals surface area contributed by atoms with E-state index < -0.39 is 85.7 Å². The standard InChI is InChI=1S/C43H38ClF6N9O5S2/c1-56-38-33(12-11-29(44)36(38)41(54-56)55-65(3,61)62)58-19-23-10-9-22(26-7-5-6-8-32(26)57(2)66(4,63)64)16-30(23)52-42(58)31(15-21-13-24(45)17-25(46)14-21)51-34(60)20-59-39-35(37(53-59)40(47)48)27-18-28(27)43(39,49)50/h5-14,16-17,27-28,31,40H,15,18-20H2,1-4H3,(H,51,60)(H,54,55)/t27-,28+,31-/m0/s1. The minimum absolute atomic E-state index is 0.00313. The van der Waals surface area contributed by atoms with E-state index in [0.717, 1.165) is 28.9 Å². The maximum atomic E-state index is 15.6. The normalized spacial score (nSPS) is 17.9. The molecular weight excluding hydrogens is 936 g/mol. The molecule has 66 heavy (non-hydrogen) atoms. The molecule has 3 heterocycles. The number of nitrogens with one attached hydrogen (secondary N) is 2. The van der Waals surface area contributed by atoms with E-state index in [1.54, 1.807) is 53.4 Å². The summed E-state index contributed by atoms with van der Waals surface area (Å²) in [6.45, 7) is -0.969. The first kappa shape index (κ1) is 45.0. The molecule has 23 heteroatoms. The highest BCUT2D eigenvalue weighted by atomic mass is 35.5. The number of rotatable bonds is 13. The van der Waals surface area contributed by atoms with Gasteiger partial charge in [-0.15, -0.1) is 0 Å². The van der Waals surface area contributed by atoms with Gasteiger partial charge in [0.15, 0.2) is 5.82 Å². The van der Waals surface area contributed by atoms with Crippen LogP contribution in [0.3, 0.4) is 0 Å². The van der Waals surface area contributed by atoms with Crippen LogP contribution < -0.4 is 19.2 Å². The summed E-state index contributed by atoms with van der Waals surface area (Å²) >= 11 is 6.70. The molecule has 14 nitrogen and oxygen atoms in total. The molecular formula is C43H38ClF6N9O5S2. The summed E-state index contributed by atoms with van der Waals surface area (Å²) in [5, 5.41) is 11.2. The minimum Gasteiger partial charge on any atom is -0.344 e. The Bertz CT molecular complexity index is 3250. The van der Waals surface area contributed by atoms with Gasteiger partial charge in [0.25, 0.3) is 12.3 Å². The maximum Gasteiger partial charge on any atom is 0.293 e. The van der Waals surface area contributed by atoms with Crippen LogP contribution in [0.25, 0.3) is 22.0 Å². The van der Waals surface area contributed by atoms with Crippen molar-refractivity contribution in [3.63, 3.8) is 0 Å². The number of aryl methyl sites for hydroxylation is 1. The molecule has 2 N–H and O–H groups in total. The van der Waals surface area contributed by atoms with Crippen molar-refractivity contribution in [2.24, 2.45) is 18.0 Å². The lowest BCUT2D eigenvalue weighted by Gasteiger charge is -2.36. The number of alkyl halides is 4. The van der Waals surface area contributed by atoms with Gasteiger partial charge in [-0.2, -0.15) is 19.0 Å². The quantitative estimate of drug-likeness (QED) is 0.111. The lowest BCUT2D eigenvalue weighted by Crippen LogP contribution is -2.51. The molecule has 1 fully saturated rings. The Hall–Kier alpha value is -6.13. The Balaban J connectivity index is 1.21. The van der Waals surface area contributed by atoms with Crippen molar-refractivity contribution in [3.05, 3.63) is 118 Å². The Kier molecular flexibility index (Phi) is 10.9. The molecule has 3 aliphatic rings. The molecule has 9 rings (SSSR count). The molecule has 0 radical (unpaired) electrons. The number of amidine groups is 1. The number of amides is 1. The summed E-state index contributed by atoms with van der Waals surface area (Å²) < 4.78 is 145. The van der Waals surface area contributed by atoms with Crippen LogP contribution >= 0.6 is 11.6 Å². The first-order valence-corrected chi connectivity index (χ1v) is 24.3. The molecule has 1 saturated carbocycles. The molecule has 0 spiro atoms. The number of aliphatic imine (C=N–C) groups is 1. The first-order valence-electron chi connectivity index (χ1n) is 20.2. The molecule has 4 aromatic carbocycles. The fourth-order valence-electron chi connectivity index (χ4n) is 9.00. The van der Waals surface area contributed by atoms with E-state index in [1.165, 1.54) is 24.8 Å². The monoisotopic (exact) mass is 973 g/mol. The van der Waals surface area contributed by atoms with Crippen LogP contribution in [0.4, 0.5) is 49.2 Å². The van der Waals surface area contributed by atoms with Crippen molar-refractivity contribution >= 4 is 77.2 Å². The van der Waals surface area contributed by atoms with E-state index in [-0.39, 0.29) is 58.1 Å². The van der Waals surface area contributed by atoms with Gasteiger partial charge in [-0.1, -0.05) is 41.9 Å². The number of anilines is 3. The zero-order valence-corrected chi connectivity index (χ0v) is 37.6. The van der Waals surface area contributed by atoms with Crippen LogP contribution in [0, 0.1) is 17.6 Å². The fourth-order valence-corrected chi connectivity index (χ4v) is 10.3. The molecule has 346 valence electrons. The second-order valence-corrected chi connectivity index (χ2v) is 20.7. The number of carbonyl (C=O) groups excluding carboxylic acids is 1. The summed E-state index contributed by atoms with van der Waals surface area (Å²) in [5.41, 5.74) is 1.06. The minimum atomic E-state index is -3.88. The number of halogens is 7. The van der Waals surface area contributed by atoms with E-state index in [9.17, 15) is 39.2 Å². The highest BCUT2D eigenvalue weighted by Gasteiger charge is 2.67. The summed E-state index contributed by atoms with van der Waals surface area (Å²) in [6.07, 6.45) is -1.57. The van der Waals surface area contributed by atoms with Gasteiger partial charge in [-0.3, -0.25) is 23.2 Å². The van der Waals surface area contributed by atoms with Crippen LogP contribution in [0.2, 0.25) is 5.02 Å².